The quantitative estimate of drug-likeness (QED) is 0.808. The second kappa shape index (κ2) is 6.76. The third kappa shape index (κ3) is 5.07. The van der Waals surface area contributed by atoms with E-state index in [0.717, 1.165) is 31.8 Å². The Balaban J connectivity index is 2.50. The van der Waals surface area contributed by atoms with Crippen LogP contribution >= 0.6 is 0 Å². The van der Waals surface area contributed by atoms with Gasteiger partial charge >= 0.3 is 0 Å². The molecule has 0 heterocycles. The van der Waals surface area contributed by atoms with Crippen molar-refractivity contribution in [1.29, 1.82) is 0 Å². The van der Waals surface area contributed by atoms with Crippen molar-refractivity contribution >= 4 is 0 Å². The second-order valence-corrected chi connectivity index (χ2v) is 5.72. The molecule has 0 aliphatic heterocycles. The first-order valence-electron chi connectivity index (χ1n) is 6.48. The summed E-state index contributed by atoms with van der Waals surface area (Å²) in [7, 11) is 3.85. The molecule has 0 aliphatic rings. The number of nitrogens with two attached hydrogens (primary N) is 1. The van der Waals surface area contributed by atoms with Gasteiger partial charge in [0.05, 0.1) is 7.11 Å². The largest absolute Gasteiger partial charge is 0.497 e. The Hall–Kier alpha value is -1.06. The van der Waals surface area contributed by atoms with Crippen molar-refractivity contribution in [3.8, 4) is 5.75 Å². The number of hydrogen-bond acceptors (Lipinski definition) is 3. The van der Waals surface area contributed by atoms with Crippen molar-refractivity contribution in [2.45, 2.75) is 26.8 Å². The van der Waals surface area contributed by atoms with Crippen molar-refractivity contribution in [2.75, 3.05) is 27.2 Å². The van der Waals surface area contributed by atoms with Crippen molar-refractivity contribution in [2.24, 2.45) is 11.1 Å². The summed E-state index contributed by atoms with van der Waals surface area (Å²) in [5.74, 6) is 0.907. The number of nitrogens with zero attached hydrogens (tertiary/aromatic N) is 1. The molecule has 0 aromatic heterocycles. The Morgan fingerprint density at radius 2 is 1.83 bits per heavy atom. The minimum Gasteiger partial charge on any atom is -0.497 e. The van der Waals surface area contributed by atoms with Crippen molar-refractivity contribution in [3.05, 3.63) is 29.8 Å². The van der Waals surface area contributed by atoms with Gasteiger partial charge in [-0.25, -0.2) is 0 Å². The van der Waals surface area contributed by atoms with Crippen LogP contribution in [0.1, 0.15) is 25.8 Å². The van der Waals surface area contributed by atoms with E-state index in [1.165, 1.54) is 5.56 Å². The van der Waals surface area contributed by atoms with Gasteiger partial charge in [-0.1, -0.05) is 26.0 Å². The Kier molecular flexibility index (Phi) is 5.63. The molecular formula is C15H26N2O. The van der Waals surface area contributed by atoms with E-state index in [-0.39, 0.29) is 5.41 Å². The number of ether oxygens (including phenoxy) is 1. The predicted octanol–water partition coefficient (Wildman–Crippen LogP) is 2.50. The lowest BCUT2D eigenvalue weighted by atomic mass is 9.89. The van der Waals surface area contributed by atoms with Crippen LogP contribution in [0.25, 0.3) is 0 Å². The van der Waals surface area contributed by atoms with Crippen LogP contribution in [-0.2, 0) is 6.54 Å². The highest BCUT2D eigenvalue weighted by Crippen LogP contribution is 2.21. The predicted molar refractivity (Wildman–Crippen MR) is 76.8 cm³/mol. The van der Waals surface area contributed by atoms with Crippen LogP contribution in [0.4, 0.5) is 0 Å². The van der Waals surface area contributed by atoms with E-state index < -0.39 is 0 Å². The van der Waals surface area contributed by atoms with Crippen LogP contribution in [-0.4, -0.2) is 32.1 Å². The van der Waals surface area contributed by atoms with E-state index in [1.807, 2.05) is 12.1 Å². The second-order valence-electron chi connectivity index (χ2n) is 5.72. The van der Waals surface area contributed by atoms with Gasteiger partial charge in [0.2, 0.25) is 0 Å². The van der Waals surface area contributed by atoms with E-state index in [9.17, 15) is 0 Å². The van der Waals surface area contributed by atoms with Gasteiger partial charge in [0.25, 0.3) is 0 Å². The van der Waals surface area contributed by atoms with Crippen LogP contribution in [0, 0.1) is 5.41 Å². The monoisotopic (exact) mass is 250 g/mol. The van der Waals surface area contributed by atoms with E-state index in [1.54, 1.807) is 7.11 Å². The first kappa shape index (κ1) is 15.0. The molecular weight excluding hydrogens is 224 g/mol. The minimum absolute atomic E-state index is 0.274. The van der Waals surface area contributed by atoms with Crippen molar-refractivity contribution in [1.82, 2.24) is 4.90 Å². The fourth-order valence-corrected chi connectivity index (χ4v) is 2.30. The SMILES string of the molecule is COc1ccc(CN(C)CC(C)(C)CCN)cc1. The van der Waals surface area contributed by atoms with Gasteiger partial charge in [0.1, 0.15) is 5.75 Å². The number of methoxy groups -OCH3 is 1. The third-order valence-electron chi connectivity index (χ3n) is 3.13. The fraction of sp³-hybridized carbons (Fsp3) is 0.600. The standard InChI is InChI=1S/C15H26N2O/c1-15(2,9-10-16)12-17(3)11-13-5-7-14(18-4)8-6-13/h5-8H,9-12,16H2,1-4H3. The van der Waals surface area contributed by atoms with Gasteiger partial charge in [-0.05, 0) is 43.1 Å². The molecule has 0 atom stereocenters. The number of hydrogen-bond donors (Lipinski definition) is 1. The van der Waals surface area contributed by atoms with E-state index >= 15 is 0 Å². The summed E-state index contributed by atoms with van der Waals surface area (Å²) in [6.45, 7) is 7.30. The smallest absolute Gasteiger partial charge is 0.118 e. The highest BCUT2D eigenvalue weighted by Gasteiger charge is 2.19. The summed E-state index contributed by atoms with van der Waals surface area (Å²) >= 11 is 0. The molecule has 1 aromatic rings. The Morgan fingerprint density at radius 3 is 2.33 bits per heavy atom. The topological polar surface area (TPSA) is 38.5 Å². The maximum Gasteiger partial charge on any atom is 0.118 e. The molecule has 0 spiro atoms. The van der Waals surface area contributed by atoms with Gasteiger partial charge in [-0.15, -0.1) is 0 Å². The lowest BCUT2D eigenvalue weighted by Gasteiger charge is -2.30. The molecule has 0 saturated heterocycles. The first-order chi connectivity index (χ1) is 8.46. The molecule has 0 bridgehead atoms. The van der Waals surface area contributed by atoms with Gasteiger partial charge in [-0.2, -0.15) is 0 Å². The molecule has 0 fully saturated rings. The zero-order valence-corrected chi connectivity index (χ0v) is 12.1. The normalized spacial score (nSPS) is 11.9. The van der Waals surface area contributed by atoms with Gasteiger partial charge in [0.15, 0.2) is 0 Å². The molecule has 0 aliphatic carbocycles. The Labute approximate surface area is 111 Å². The molecule has 2 N–H and O–H groups in total. The third-order valence-corrected chi connectivity index (χ3v) is 3.13. The minimum atomic E-state index is 0.274. The molecule has 3 heteroatoms. The summed E-state index contributed by atoms with van der Waals surface area (Å²) in [4.78, 5) is 2.34. The molecule has 1 rings (SSSR count). The summed E-state index contributed by atoms with van der Waals surface area (Å²) in [5, 5.41) is 0. The average molecular weight is 250 g/mol. The van der Waals surface area contributed by atoms with E-state index in [4.69, 9.17) is 10.5 Å². The lowest BCUT2D eigenvalue weighted by molar-refractivity contribution is 0.195. The van der Waals surface area contributed by atoms with Crippen LogP contribution < -0.4 is 10.5 Å². The first-order valence-corrected chi connectivity index (χ1v) is 6.48. The summed E-state index contributed by atoms with van der Waals surface area (Å²) in [6.07, 6.45) is 1.06. The number of benzene rings is 1. The molecule has 0 unspecified atom stereocenters. The molecule has 1 aromatic carbocycles. The molecule has 0 radical (unpaired) electrons. The highest BCUT2D eigenvalue weighted by atomic mass is 16.5. The Morgan fingerprint density at radius 1 is 1.22 bits per heavy atom. The summed E-state index contributed by atoms with van der Waals surface area (Å²) in [6, 6.07) is 8.25. The molecule has 0 amide bonds. The summed E-state index contributed by atoms with van der Waals surface area (Å²) < 4.78 is 5.16. The average Bonchev–Trinajstić information content (AvgIpc) is 2.28. The molecule has 3 nitrogen and oxygen atoms in total. The molecule has 0 saturated carbocycles. The maximum atomic E-state index is 5.64. The van der Waals surface area contributed by atoms with Crippen LogP contribution in [0.5, 0.6) is 5.75 Å². The van der Waals surface area contributed by atoms with Crippen LogP contribution in [0.15, 0.2) is 24.3 Å². The molecule has 102 valence electrons. The van der Waals surface area contributed by atoms with Crippen LogP contribution in [0.3, 0.4) is 0 Å². The zero-order valence-electron chi connectivity index (χ0n) is 12.1. The lowest BCUT2D eigenvalue weighted by Crippen LogP contribution is -2.32. The fourth-order valence-electron chi connectivity index (χ4n) is 2.30. The van der Waals surface area contributed by atoms with Crippen molar-refractivity contribution < 1.29 is 4.74 Å². The van der Waals surface area contributed by atoms with Gasteiger partial charge in [-0.3, -0.25) is 0 Å². The highest BCUT2D eigenvalue weighted by molar-refractivity contribution is 5.27. The zero-order chi connectivity index (χ0) is 13.6. The summed E-state index contributed by atoms with van der Waals surface area (Å²) in [5.41, 5.74) is 7.22. The Bertz CT molecular complexity index is 346. The van der Waals surface area contributed by atoms with Gasteiger partial charge in [0, 0.05) is 13.1 Å². The number of rotatable bonds is 7. The van der Waals surface area contributed by atoms with E-state index in [0.29, 0.717) is 0 Å². The van der Waals surface area contributed by atoms with Crippen molar-refractivity contribution in [3.63, 3.8) is 0 Å². The maximum absolute atomic E-state index is 5.64. The van der Waals surface area contributed by atoms with Crippen LogP contribution in [0.2, 0.25) is 0 Å². The van der Waals surface area contributed by atoms with Gasteiger partial charge < -0.3 is 15.4 Å². The van der Waals surface area contributed by atoms with E-state index in [2.05, 4.69) is 37.9 Å². The molecule has 18 heavy (non-hydrogen) atoms.